The summed E-state index contributed by atoms with van der Waals surface area (Å²) in [5.41, 5.74) is 0. The molecule has 7 nitrogen and oxygen atoms in total. The Bertz CT molecular complexity index is 706. The molecule has 2 aromatic rings. The number of nitrogens with zero attached hydrogens (tertiary/aromatic N) is 3. The van der Waals surface area contributed by atoms with E-state index < -0.39 is 10.0 Å². The largest absolute Gasteiger partial charge is 0.383 e. The predicted molar refractivity (Wildman–Crippen MR) is 82.0 cm³/mol. The minimum absolute atomic E-state index is 0.273. The Labute approximate surface area is 136 Å². The summed E-state index contributed by atoms with van der Waals surface area (Å²) in [5, 5.41) is 12.5. The molecule has 0 atom stereocenters. The minimum Gasteiger partial charge on any atom is -0.383 e. The van der Waals surface area contributed by atoms with Crippen LogP contribution in [0.2, 0.25) is 0 Å². The molecule has 0 saturated carbocycles. The van der Waals surface area contributed by atoms with Crippen LogP contribution in [0, 0.1) is 0 Å². The molecule has 11 heteroatoms. The molecular weight excluding hydrogens is 436 g/mol. The van der Waals surface area contributed by atoms with Gasteiger partial charge in [0.25, 0.3) is 15.2 Å². The molecule has 0 fully saturated rings. The first-order valence-electron chi connectivity index (χ1n) is 5.24. The number of hydrogen-bond acceptors (Lipinski definition) is 6. The lowest BCUT2D eigenvalue weighted by Crippen LogP contribution is -2.20. The fourth-order valence-corrected chi connectivity index (χ4v) is 4.19. The molecule has 0 aliphatic rings. The van der Waals surface area contributed by atoms with Gasteiger partial charge in [-0.05, 0) is 37.9 Å². The molecule has 110 valence electrons. The zero-order valence-corrected chi connectivity index (χ0v) is 15.0. The number of methoxy groups -OCH3 is 1. The van der Waals surface area contributed by atoms with Crippen LogP contribution in [0.25, 0.3) is 10.7 Å². The Morgan fingerprint density at radius 2 is 2.15 bits per heavy atom. The average Bonchev–Trinajstić information content (AvgIpc) is 2.90. The number of aromatic nitrogens is 3. The Morgan fingerprint density at radius 3 is 2.65 bits per heavy atom. The van der Waals surface area contributed by atoms with Gasteiger partial charge < -0.3 is 4.74 Å². The first kappa shape index (κ1) is 16.0. The first-order valence-corrected chi connectivity index (χ1v) is 9.19. The van der Waals surface area contributed by atoms with Crippen molar-refractivity contribution in [1.29, 1.82) is 0 Å². The molecule has 0 spiro atoms. The number of ether oxygens (including phenoxy) is 1. The molecule has 0 aliphatic heterocycles. The number of rotatable bonds is 5. The summed E-state index contributed by atoms with van der Waals surface area (Å²) in [5.74, 6) is 0.433. The summed E-state index contributed by atoms with van der Waals surface area (Å²) >= 11 is 8.17. The van der Waals surface area contributed by atoms with Crippen LogP contribution in [-0.2, 0) is 21.3 Å². The number of primary sulfonamides is 1. The van der Waals surface area contributed by atoms with Gasteiger partial charge in [0, 0.05) is 11.6 Å². The van der Waals surface area contributed by atoms with Gasteiger partial charge in [0.15, 0.2) is 5.82 Å². The molecular formula is C9H10Br2N4O3S2. The summed E-state index contributed by atoms with van der Waals surface area (Å²) in [6, 6.07) is 1.83. The van der Waals surface area contributed by atoms with Crippen molar-refractivity contribution in [3.63, 3.8) is 0 Å². The summed E-state index contributed by atoms with van der Waals surface area (Å²) in [4.78, 5) is 0.766. The van der Waals surface area contributed by atoms with Crippen molar-refractivity contribution >= 4 is 53.2 Å². The molecule has 20 heavy (non-hydrogen) atoms. The summed E-state index contributed by atoms with van der Waals surface area (Å²) in [7, 11) is -2.41. The lowest BCUT2D eigenvalue weighted by molar-refractivity contribution is 0.185. The molecule has 2 N–H and O–H groups in total. The third-order valence-electron chi connectivity index (χ3n) is 2.36. The van der Waals surface area contributed by atoms with Gasteiger partial charge in [-0.1, -0.05) is 0 Å². The van der Waals surface area contributed by atoms with Gasteiger partial charge in [-0.3, -0.25) is 4.57 Å². The highest BCUT2D eigenvalue weighted by Crippen LogP contribution is 2.37. The van der Waals surface area contributed by atoms with Crippen LogP contribution in [0.15, 0.2) is 19.5 Å². The molecule has 0 saturated heterocycles. The van der Waals surface area contributed by atoms with Crippen molar-refractivity contribution < 1.29 is 13.2 Å². The van der Waals surface area contributed by atoms with E-state index >= 15 is 0 Å². The highest BCUT2D eigenvalue weighted by atomic mass is 79.9. The van der Waals surface area contributed by atoms with Gasteiger partial charge in [-0.2, -0.15) is 0 Å². The van der Waals surface area contributed by atoms with Crippen molar-refractivity contribution in [1.82, 2.24) is 14.8 Å². The van der Waals surface area contributed by atoms with E-state index in [2.05, 4.69) is 42.1 Å². The fourth-order valence-electron chi connectivity index (χ4n) is 1.52. The average molecular weight is 446 g/mol. The molecule has 2 aromatic heterocycles. The third-order valence-corrected chi connectivity index (χ3v) is 6.42. The van der Waals surface area contributed by atoms with Crippen molar-refractivity contribution in [2.24, 2.45) is 5.14 Å². The molecule has 2 heterocycles. The molecule has 0 amide bonds. The van der Waals surface area contributed by atoms with Crippen LogP contribution in [0.5, 0.6) is 0 Å². The predicted octanol–water partition coefficient (Wildman–Crippen LogP) is 1.83. The monoisotopic (exact) mass is 444 g/mol. The van der Waals surface area contributed by atoms with Gasteiger partial charge in [-0.15, -0.1) is 21.5 Å². The Balaban J connectivity index is 2.55. The quantitative estimate of drug-likeness (QED) is 0.756. The second-order valence-corrected chi connectivity index (χ2v) is 8.41. The topological polar surface area (TPSA) is 100 Å². The fraction of sp³-hybridized carbons (Fsp3) is 0.333. The van der Waals surface area contributed by atoms with Crippen molar-refractivity contribution in [3.05, 3.63) is 14.3 Å². The Kier molecular flexibility index (Phi) is 4.97. The highest BCUT2D eigenvalue weighted by Gasteiger charge is 2.23. The normalized spacial score (nSPS) is 12.0. The second-order valence-electron chi connectivity index (χ2n) is 3.73. The van der Waals surface area contributed by atoms with Gasteiger partial charge in [0.05, 0.1) is 21.8 Å². The third kappa shape index (κ3) is 3.28. The van der Waals surface area contributed by atoms with E-state index in [9.17, 15) is 8.42 Å². The SMILES string of the molecule is COCCn1c(-c2cc(Br)c(Br)s2)nnc1S(N)(=O)=O. The van der Waals surface area contributed by atoms with Crippen LogP contribution in [0.3, 0.4) is 0 Å². The zero-order valence-electron chi connectivity index (χ0n) is 10.2. The van der Waals surface area contributed by atoms with Gasteiger partial charge in [0.2, 0.25) is 0 Å². The van der Waals surface area contributed by atoms with E-state index in [1.807, 2.05) is 6.07 Å². The van der Waals surface area contributed by atoms with E-state index in [0.717, 1.165) is 13.1 Å². The molecule has 0 aromatic carbocycles. The van der Waals surface area contributed by atoms with Crippen LogP contribution < -0.4 is 5.14 Å². The summed E-state index contributed by atoms with van der Waals surface area (Å²) < 4.78 is 31.2. The Hall–Kier alpha value is -0.330. The number of hydrogen-bond donors (Lipinski definition) is 1. The van der Waals surface area contributed by atoms with Crippen LogP contribution in [0.4, 0.5) is 0 Å². The zero-order chi connectivity index (χ0) is 14.9. The van der Waals surface area contributed by atoms with Crippen molar-refractivity contribution in [3.8, 4) is 10.7 Å². The summed E-state index contributed by atoms with van der Waals surface area (Å²) in [6.07, 6.45) is 0. The van der Waals surface area contributed by atoms with E-state index in [1.165, 1.54) is 23.0 Å². The highest BCUT2D eigenvalue weighted by molar-refractivity contribution is 9.13. The van der Waals surface area contributed by atoms with E-state index in [1.54, 1.807) is 0 Å². The number of nitrogens with two attached hydrogens (primary N) is 1. The molecule has 0 aliphatic carbocycles. The molecule has 0 radical (unpaired) electrons. The standard InChI is InChI=1S/C9H10Br2N4O3S2/c1-18-3-2-15-8(6-4-5(10)7(11)19-6)13-14-9(15)20(12,16)17/h4H,2-3H2,1H3,(H2,12,16,17). The van der Waals surface area contributed by atoms with Crippen LogP contribution in [-0.4, -0.2) is 36.9 Å². The molecule has 0 bridgehead atoms. The summed E-state index contributed by atoms with van der Waals surface area (Å²) in [6.45, 7) is 0.610. The van der Waals surface area contributed by atoms with Crippen molar-refractivity contribution in [2.75, 3.05) is 13.7 Å². The van der Waals surface area contributed by atoms with E-state index in [-0.39, 0.29) is 11.7 Å². The number of thiophene rings is 1. The molecule has 0 unspecified atom stereocenters. The van der Waals surface area contributed by atoms with Crippen LogP contribution in [0.1, 0.15) is 0 Å². The number of halogens is 2. The van der Waals surface area contributed by atoms with E-state index in [4.69, 9.17) is 9.88 Å². The second kappa shape index (κ2) is 6.20. The smallest absolute Gasteiger partial charge is 0.273 e. The Morgan fingerprint density at radius 1 is 1.45 bits per heavy atom. The van der Waals surface area contributed by atoms with Gasteiger partial charge in [-0.25, -0.2) is 13.6 Å². The van der Waals surface area contributed by atoms with Gasteiger partial charge >= 0.3 is 0 Å². The van der Waals surface area contributed by atoms with Gasteiger partial charge in [0.1, 0.15) is 0 Å². The maximum Gasteiger partial charge on any atom is 0.273 e. The maximum absolute atomic E-state index is 11.5. The maximum atomic E-state index is 11.5. The van der Waals surface area contributed by atoms with Crippen LogP contribution >= 0.6 is 43.2 Å². The van der Waals surface area contributed by atoms with E-state index in [0.29, 0.717) is 12.4 Å². The molecule has 2 rings (SSSR count). The minimum atomic E-state index is -3.94. The lowest BCUT2D eigenvalue weighted by atomic mass is 10.4. The first-order chi connectivity index (χ1) is 9.34. The van der Waals surface area contributed by atoms with Crippen molar-refractivity contribution in [2.45, 2.75) is 11.7 Å². The number of sulfonamides is 1. The lowest BCUT2D eigenvalue weighted by Gasteiger charge is -2.07.